The van der Waals surface area contributed by atoms with Gasteiger partial charge in [-0.15, -0.1) is 0 Å². The van der Waals surface area contributed by atoms with Gasteiger partial charge in [-0.2, -0.15) is 10.4 Å². The van der Waals surface area contributed by atoms with Crippen molar-refractivity contribution in [1.82, 2.24) is 5.43 Å². The van der Waals surface area contributed by atoms with Crippen LogP contribution in [0.5, 0.6) is 0 Å². The van der Waals surface area contributed by atoms with E-state index in [1.165, 1.54) is 12.5 Å². The second-order valence-electron chi connectivity index (χ2n) is 4.57. The standard InChI is InChI=1S/C17H11N3O3/c18-10-12-3-5-13(6-4-12)15-8-7-14(23-15)11-19-20-17(21)16-2-1-9-22-16/h1-9,11H,(H,20,21)/b19-11-. The lowest BCUT2D eigenvalue weighted by molar-refractivity contribution is 0.0927. The van der Waals surface area contributed by atoms with Gasteiger partial charge in [0.1, 0.15) is 11.5 Å². The molecule has 0 radical (unpaired) electrons. The molecule has 0 aliphatic carbocycles. The van der Waals surface area contributed by atoms with E-state index in [2.05, 4.69) is 16.6 Å². The van der Waals surface area contributed by atoms with Crippen LogP contribution in [0.15, 0.2) is 68.7 Å². The zero-order chi connectivity index (χ0) is 16.1. The second-order valence-corrected chi connectivity index (χ2v) is 4.57. The number of hydrogen-bond donors (Lipinski definition) is 1. The molecule has 1 N–H and O–H groups in total. The molecular weight excluding hydrogens is 294 g/mol. The minimum Gasteiger partial charge on any atom is -0.459 e. The molecule has 6 nitrogen and oxygen atoms in total. The number of rotatable bonds is 4. The van der Waals surface area contributed by atoms with Crippen molar-refractivity contribution in [2.75, 3.05) is 0 Å². The quantitative estimate of drug-likeness (QED) is 0.592. The topological polar surface area (TPSA) is 91.5 Å². The maximum atomic E-state index is 11.6. The van der Waals surface area contributed by atoms with E-state index in [0.717, 1.165) is 5.56 Å². The monoisotopic (exact) mass is 305 g/mol. The van der Waals surface area contributed by atoms with Crippen molar-refractivity contribution in [2.24, 2.45) is 5.10 Å². The van der Waals surface area contributed by atoms with Crippen molar-refractivity contribution in [1.29, 1.82) is 5.26 Å². The van der Waals surface area contributed by atoms with Gasteiger partial charge in [0.05, 0.1) is 24.1 Å². The second kappa shape index (κ2) is 6.45. The van der Waals surface area contributed by atoms with E-state index in [9.17, 15) is 4.79 Å². The number of furan rings is 2. The molecule has 0 fully saturated rings. The smallest absolute Gasteiger partial charge is 0.307 e. The van der Waals surface area contributed by atoms with Crippen molar-refractivity contribution >= 4 is 12.1 Å². The summed E-state index contributed by atoms with van der Waals surface area (Å²) in [7, 11) is 0. The first-order valence-corrected chi connectivity index (χ1v) is 6.73. The van der Waals surface area contributed by atoms with Crippen LogP contribution in [0.1, 0.15) is 21.9 Å². The molecule has 0 unspecified atom stereocenters. The van der Waals surface area contributed by atoms with E-state index in [4.69, 9.17) is 14.1 Å². The lowest BCUT2D eigenvalue weighted by Crippen LogP contribution is -2.16. The van der Waals surface area contributed by atoms with E-state index in [-0.39, 0.29) is 5.76 Å². The zero-order valence-corrected chi connectivity index (χ0v) is 11.9. The maximum absolute atomic E-state index is 11.6. The zero-order valence-electron chi connectivity index (χ0n) is 11.9. The number of hydrazone groups is 1. The molecule has 0 saturated heterocycles. The number of nitriles is 1. The molecule has 3 aromatic rings. The van der Waals surface area contributed by atoms with Gasteiger partial charge in [-0.1, -0.05) is 0 Å². The van der Waals surface area contributed by atoms with Gasteiger partial charge < -0.3 is 8.83 Å². The Morgan fingerprint density at radius 2 is 2.00 bits per heavy atom. The molecule has 1 amide bonds. The summed E-state index contributed by atoms with van der Waals surface area (Å²) in [5, 5.41) is 12.6. The predicted octanol–water partition coefficient (Wildman–Crippen LogP) is 3.18. The van der Waals surface area contributed by atoms with Crippen LogP contribution in [0.4, 0.5) is 0 Å². The Bertz CT molecular complexity index is 869. The van der Waals surface area contributed by atoms with Crippen LogP contribution in [-0.4, -0.2) is 12.1 Å². The molecular formula is C17H11N3O3. The van der Waals surface area contributed by atoms with Crippen LogP contribution in [0.2, 0.25) is 0 Å². The molecule has 2 aromatic heterocycles. The lowest BCUT2D eigenvalue weighted by atomic mass is 10.1. The highest BCUT2D eigenvalue weighted by atomic mass is 16.3. The predicted molar refractivity (Wildman–Crippen MR) is 82.6 cm³/mol. The van der Waals surface area contributed by atoms with Gasteiger partial charge in [0.25, 0.3) is 0 Å². The third kappa shape index (κ3) is 3.36. The fraction of sp³-hybridized carbons (Fsp3) is 0. The number of benzene rings is 1. The van der Waals surface area contributed by atoms with Crippen LogP contribution in [-0.2, 0) is 0 Å². The third-order valence-corrected chi connectivity index (χ3v) is 3.03. The Morgan fingerprint density at radius 3 is 2.70 bits per heavy atom. The Labute approximate surface area is 131 Å². The van der Waals surface area contributed by atoms with E-state index < -0.39 is 5.91 Å². The SMILES string of the molecule is N#Cc1ccc(-c2ccc(/C=N\NC(=O)c3ccco3)o2)cc1. The molecule has 0 atom stereocenters. The number of carbonyl (C=O) groups is 1. The van der Waals surface area contributed by atoms with Crippen LogP contribution < -0.4 is 5.43 Å². The van der Waals surface area contributed by atoms with E-state index in [0.29, 0.717) is 17.1 Å². The molecule has 0 saturated carbocycles. The van der Waals surface area contributed by atoms with Crippen LogP contribution in [0.25, 0.3) is 11.3 Å². The highest BCUT2D eigenvalue weighted by molar-refractivity contribution is 5.92. The van der Waals surface area contributed by atoms with Crippen LogP contribution >= 0.6 is 0 Å². The first-order valence-electron chi connectivity index (χ1n) is 6.73. The van der Waals surface area contributed by atoms with Gasteiger partial charge in [0, 0.05) is 5.56 Å². The molecule has 112 valence electrons. The third-order valence-electron chi connectivity index (χ3n) is 3.03. The maximum Gasteiger partial charge on any atom is 0.307 e. The van der Waals surface area contributed by atoms with Gasteiger partial charge in [0.2, 0.25) is 0 Å². The summed E-state index contributed by atoms with van der Waals surface area (Å²) < 4.78 is 10.6. The molecule has 0 aliphatic heterocycles. The summed E-state index contributed by atoms with van der Waals surface area (Å²) in [5.41, 5.74) is 3.77. The van der Waals surface area contributed by atoms with Crippen LogP contribution in [0.3, 0.4) is 0 Å². The normalized spacial score (nSPS) is 10.6. The van der Waals surface area contributed by atoms with Crippen molar-refractivity contribution in [3.05, 3.63) is 71.9 Å². The number of amides is 1. The van der Waals surface area contributed by atoms with Gasteiger partial charge in [-0.3, -0.25) is 4.79 Å². The molecule has 0 spiro atoms. The fourth-order valence-electron chi connectivity index (χ4n) is 1.90. The van der Waals surface area contributed by atoms with Crippen molar-refractivity contribution in [3.63, 3.8) is 0 Å². The average molecular weight is 305 g/mol. The van der Waals surface area contributed by atoms with Crippen molar-refractivity contribution < 1.29 is 13.6 Å². The summed E-state index contributed by atoms with van der Waals surface area (Å²) in [6.07, 6.45) is 2.81. The number of hydrogen-bond acceptors (Lipinski definition) is 5. The Morgan fingerprint density at radius 1 is 1.17 bits per heavy atom. The van der Waals surface area contributed by atoms with Gasteiger partial charge >= 0.3 is 5.91 Å². The minimum atomic E-state index is -0.440. The van der Waals surface area contributed by atoms with Crippen LogP contribution in [0, 0.1) is 11.3 Å². The molecule has 2 heterocycles. The van der Waals surface area contributed by atoms with Crippen molar-refractivity contribution in [3.8, 4) is 17.4 Å². The van der Waals surface area contributed by atoms with Gasteiger partial charge in [-0.05, 0) is 48.5 Å². The first-order chi connectivity index (χ1) is 11.3. The summed E-state index contributed by atoms with van der Waals surface area (Å²) in [6.45, 7) is 0. The summed E-state index contributed by atoms with van der Waals surface area (Å²) in [5.74, 6) is 0.877. The van der Waals surface area contributed by atoms with E-state index in [1.54, 1.807) is 48.5 Å². The molecule has 0 aliphatic rings. The highest BCUT2D eigenvalue weighted by Crippen LogP contribution is 2.21. The summed E-state index contributed by atoms with van der Waals surface area (Å²) in [4.78, 5) is 11.6. The lowest BCUT2D eigenvalue weighted by Gasteiger charge is -1.96. The largest absolute Gasteiger partial charge is 0.459 e. The van der Waals surface area contributed by atoms with Gasteiger partial charge in [-0.25, -0.2) is 5.43 Å². The molecule has 3 rings (SSSR count). The minimum absolute atomic E-state index is 0.180. The number of nitrogens with zero attached hydrogens (tertiary/aromatic N) is 2. The Hall–Kier alpha value is -3.59. The average Bonchev–Trinajstić information content (AvgIpc) is 3.27. The van der Waals surface area contributed by atoms with Crippen molar-refractivity contribution in [2.45, 2.75) is 0 Å². The molecule has 0 bridgehead atoms. The number of carbonyl (C=O) groups excluding carboxylic acids is 1. The first kappa shape index (κ1) is 14.4. The molecule has 6 heteroatoms. The summed E-state index contributed by atoms with van der Waals surface area (Å²) >= 11 is 0. The van der Waals surface area contributed by atoms with E-state index in [1.807, 2.05) is 0 Å². The Kier molecular flexibility index (Phi) is 4.03. The molecule has 23 heavy (non-hydrogen) atoms. The highest BCUT2D eigenvalue weighted by Gasteiger charge is 2.07. The number of nitrogens with one attached hydrogen (secondary N) is 1. The fourth-order valence-corrected chi connectivity index (χ4v) is 1.90. The molecule has 1 aromatic carbocycles. The van der Waals surface area contributed by atoms with Gasteiger partial charge in [0.15, 0.2) is 5.76 Å². The Balaban J connectivity index is 1.66. The summed E-state index contributed by atoms with van der Waals surface area (Å²) in [6, 6.07) is 15.8. The van der Waals surface area contributed by atoms with E-state index >= 15 is 0 Å².